The predicted octanol–water partition coefficient (Wildman–Crippen LogP) is 3.51. The average molecular weight is 202 g/mol. The van der Waals surface area contributed by atoms with Crippen LogP contribution in [0, 0.1) is 12.7 Å². The van der Waals surface area contributed by atoms with Crippen LogP contribution in [-0.2, 0) is 0 Å². The van der Waals surface area contributed by atoms with E-state index < -0.39 is 0 Å². The number of aromatic hydroxyl groups is 1. The molecular weight excluding hydrogens is 191 g/mol. The first-order valence-electron chi connectivity index (χ1n) is 4.72. The summed E-state index contributed by atoms with van der Waals surface area (Å²) < 4.78 is 12.9. The molecule has 0 amide bonds. The molecule has 0 aliphatic heterocycles. The monoisotopic (exact) mass is 202 g/mol. The highest BCUT2D eigenvalue weighted by Gasteiger charge is 2.02. The maximum absolute atomic E-state index is 12.9. The summed E-state index contributed by atoms with van der Waals surface area (Å²) in [6.07, 6.45) is 0. The van der Waals surface area contributed by atoms with Gasteiger partial charge in [-0.05, 0) is 47.9 Å². The Labute approximate surface area is 87.8 Å². The lowest BCUT2D eigenvalue weighted by Crippen LogP contribution is -1.84. The van der Waals surface area contributed by atoms with E-state index >= 15 is 0 Å². The van der Waals surface area contributed by atoms with Gasteiger partial charge in [-0.1, -0.05) is 18.2 Å². The first-order chi connectivity index (χ1) is 7.16. The molecule has 0 bridgehead atoms. The summed E-state index contributed by atoms with van der Waals surface area (Å²) in [5.74, 6) is 0.00791. The number of phenols is 1. The Balaban J connectivity index is 2.49. The summed E-state index contributed by atoms with van der Waals surface area (Å²) in [6, 6.07) is 11.6. The quantitative estimate of drug-likeness (QED) is 0.750. The van der Waals surface area contributed by atoms with Gasteiger partial charge in [-0.3, -0.25) is 0 Å². The van der Waals surface area contributed by atoms with E-state index in [0.29, 0.717) is 0 Å². The van der Waals surface area contributed by atoms with Gasteiger partial charge in [0.2, 0.25) is 0 Å². The fraction of sp³-hybridized carbons (Fsp3) is 0.0769. The lowest BCUT2D eigenvalue weighted by Gasteiger charge is -2.05. The number of benzene rings is 2. The summed E-state index contributed by atoms with van der Waals surface area (Å²) >= 11 is 0. The van der Waals surface area contributed by atoms with Gasteiger partial charge in [-0.2, -0.15) is 0 Å². The van der Waals surface area contributed by atoms with Gasteiger partial charge in [-0.25, -0.2) is 4.39 Å². The molecule has 0 fully saturated rings. The number of halogens is 1. The van der Waals surface area contributed by atoms with E-state index in [9.17, 15) is 4.39 Å². The Morgan fingerprint density at radius 1 is 1.00 bits per heavy atom. The minimum atomic E-state index is -0.227. The first kappa shape index (κ1) is 9.71. The molecular formula is C13H11FO. The number of hydrogen-bond donors (Lipinski definition) is 1. The molecule has 0 radical (unpaired) electrons. The van der Waals surface area contributed by atoms with Crippen molar-refractivity contribution in [1.82, 2.24) is 0 Å². The standard InChI is InChI=1S/C13H11FO/c1-9-8-11(14)4-7-13(9)10-2-5-12(15)6-3-10/h2-8,15H,1H3. The van der Waals surface area contributed by atoms with Crippen molar-refractivity contribution in [3.63, 3.8) is 0 Å². The van der Waals surface area contributed by atoms with E-state index in [1.807, 2.05) is 19.1 Å². The van der Waals surface area contributed by atoms with Crippen LogP contribution >= 0.6 is 0 Å². The maximum atomic E-state index is 12.9. The van der Waals surface area contributed by atoms with Crippen LogP contribution in [0.2, 0.25) is 0 Å². The summed E-state index contributed by atoms with van der Waals surface area (Å²) in [5.41, 5.74) is 2.85. The molecule has 76 valence electrons. The molecule has 2 heteroatoms. The van der Waals surface area contributed by atoms with Gasteiger partial charge >= 0.3 is 0 Å². The van der Waals surface area contributed by atoms with Gasteiger partial charge in [0.1, 0.15) is 11.6 Å². The molecule has 1 N–H and O–H groups in total. The molecule has 15 heavy (non-hydrogen) atoms. The zero-order valence-corrected chi connectivity index (χ0v) is 8.37. The third kappa shape index (κ3) is 1.99. The van der Waals surface area contributed by atoms with Crippen molar-refractivity contribution in [3.8, 4) is 16.9 Å². The third-order valence-corrected chi connectivity index (χ3v) is 2.37. The van der Waals surface area contributed by atoms with Crippen molar-refractivity contribution in [2.45, 2.75) is 6.92 Å². The van der Waals surface area contributed by atoms with Gasteiger partial charge in [0.25, 0.3) is 0 Å². The molecule has 0 aliphatic carbocycles. The number of aryl methyl sites for hydroxylation is 1. The first-order valence-corrected chi connectivity index (χ1v) is 4.72. The number of rotatable bonds is 1. The Kier molecular flexibility index (Phi) is 2.42. The molecule has 0 unspecified atom stereocenters. The zero-order chi connectivity index (χ0) is 10.8. The van der Waals surface area contributed by atoms with E-state index in [-0.39, 0.29) is 11.6 Å². The minimum Gasteiger partial charge on any atom is -0.508 e. The van der Waals surface area contributed by atoms with E-state index in [1.165, 1.54) is 12.1 Å². The van der Waals surface area contributed by atoms with Crippen LogP contribution in [0.15, 0.2) is 42.5 Å². The summed E-state index contributed by atoms with van der Waals surface area (Å²) in [7, 11) is 0. The van der Waals surface area contributed by atoms with Crippen LogP contribution in [0.5, 0.6) is 5.75 Å². The summed E-state index contributed by atoms with van der Waals surface area (Å²) in [6.45, 7) is 1.87. The molecule has 0 spiro atoms. The van der Waals surface area contributed by atoms with Crippen molar-refractivity contribution >= 4 is 0 Å². The molecule has 2 rings (SSSR count). The maximum Gasteiger partial charge on any atom is 0.123 e. The van der Waals surface area contributed by atoms with Crippen molar-refractivity contribution in [2.75, 3.05) is 0 Å². The highest BCUT2D eigenvalue weighted by atomic mass is 19.1. The molecule has 0 saturated carbocycles. The van der Waals surface area contributed by atoms with Gasteiger partial charge in [0.15, 0.2) is 0 Å². The van der Waals surface area contributed by atoms with Crippen molar-refractivity contribution in [1.29, 1.82) is 0 Å². The van der Waals surface area contributed by atoms with E-state index in [1.54, 1.807) is 18.2 Å². The largest absolute Gasteiger partial charge is 0.508 e. The van der Waals surface area contributed by atoms with E-state index in [0.717, 1.165) is 16.7 Å². The molecule has 0 atom stereocenters. The fourth-order valence-corrected chi connectivity index (χ4v) is 1.59. The van der Waals surface area contributed by atoms with Gasteiger partial charge < -0.3 is 5.11 Å². The van der Waals surface area contributed by atoms with Gasteiger partial charge in [0.05, 0.1) is 0 Å². The van der Waals surface area contributed by atoms with Crippen molar-refractivity contribution in [2.24, 2.45) is 0 Å². The number of phenolic OH excluding ortho intramolecular Hbond substituents is 1. The van der Waals surface area contributed by atoms with E-state index in [4.69, 9.17) is 5.11 Å². The smallest absolute Gasteiger partial charge is 0.123 e. The van der Waals surface area contributed by atoms with E-state index in [2.05, 4.69) is 0 Å². The second kappa shape index (κ2) is 3.73. The van der Waals surface area contributed by atoms with Crippen LogP contribution in [-0.4, -0.2) is 5.11 Å². The average Bonchev–Trinajstić information content (AvgIpc) is 2.20. The van der Waals surface area contributed by atoms with Gasteiger partial charge in [-0.15, -0.1) is 0 Å². The Bertz CT molecular complexity index is 474. The Hall–Kier alpha value is -1.83. The number of hydrogen-bond acceptors (Lipinski definition) is 1. The third-order valence-electron chi connectivity index (χ3n) is 2.37. The lowest BCUT2D eigenvalue weighted by atomic mass is 10.0. The Morgan fingerprint density at radius 2 is 1.67 bits per heavy atom. The molecule has 0 aliphatic rings. The van der Waals surface area contributed by atoms with Crippen molar-refractivity contribution < 1.29 is 9.50 Å². The second-order valence-corrected chi connectivity index (χ2v) is 3.51. The van der Waals surface area contributed by atoms with Gasteiger partial charge in [0, 0.05) is 0 Å². The molecule has 0 aromatic heterocycles. The minimum absolute atomic E-state index is 0.227. The van der Waals surface area contributed by atoms with Crippen LogP contribution in [0.4, 0.5) is 4.39 Å². The lowest BCUT2D eigenvalue weighted by molar-refractivity contribution is 0.475. The van der Waals surface area contributed by atoms with Crippen LogP contribution in [0.1, 0.15) is 5.56 Å². The normalized spacial score (nSPS) is 10.3. The summed E-state index contributed by atoms with van der Waals surface area (Å²) in [5, 5.41) is 9.16. The molecule has 2 aromatic rings. The van der Waals surface area contributed by atoms with Crippen LogP contribution in [0.3, 0.4) is 0 Å². The highest BCUT2D eigenvalue weighted by Crippen LogP contribution is 2.25. The fourth-order valence-electron chi connectivity index (χ4n) is 1.59. The predicted molar refractivity (Wildman–Crippen MR) is 58.2 cm³/mol. The van der Waals surface area contributed by atoms with Crippen molar-refractivity contribution in [3.05, 3.63) is 53.8 Å². The topological polar surface area (TPSA) is 20.2 Å². The molecule has 0 saturated heterocycles. The Morgan fingerprint density at radius 3 is 2.27 bits per heavy atom. The van der Waals surface area contributed by atoms with Crippen LogP contribution in [0.25, 0.3) is 11.1 Å². The molecule has 2 aromatic carbocycles. The molecule has 1 nitrogen and oxygen atoms in total. The van der Waals surface area contributed by atoms with Crippen LogP contribution < -0.4 is 0 Å². The SMILES string of the molecule is Cc1cc(F)ccc1-c1ccc(O)cc1. The second-order valence-electron chi connectivity index (χ2n) is 3.51. The zero-order valence-electron chi connectivity index (χ0n) is 8.37. The molecule has 0 heterocycles. The highest BCUT2D eigenvalue weighted by molar-refractivity contribution is 5.67. The summed E-state index contributed by atoms with van der Waals surface area (Å²) in [4.78, 5) is 0.